The number of cyclic esters (lactones) is 1. The standard InChI is InChI=1S/C15H19NO3/c1-11-4-3-5-12-13(11)15(2,19-14(12)17)10-16-6-8-18-9-7-16/h3-5H,6-10H2,1-2H3. The number of hydrogen-bond donors (Lipinski definition) is 0. The van der Waals surface area contributed by atoms with E-state index in [-0.39, 0.29) is 5.97 Å². The Morgan fingerprint density at radius 2 is 2.05 bits per heavy atom. The first-order valence-electron chi connectivity index (χ1n) is 6.74. The highest BCUT2D eigenvalue weighted by atomic mass is 16.6. The number of hydrogen-bond acceptors (Lipinski definition) is 4. The Hall–Kier alpha value is -1.39. The third-order valence-corrected chi connectivity index (χ3v) is 3.97. The molecule has 4 heteroatoms. The van der Waals surface area contributed by atoms with Crippen molar-refractivity contribution < 1.29 is 14.3 Å². The number of carbonyl (C=O) groups excluding carboxylic acids is 1. The maximum atomic E-state index is 12.0. The summed E-state index contributed by atoms with van der Waals surface area (Å²) in [5, 5.41) is 0. The molecule has 0 aliphatic carbocycles. The van der Waals surface area contributed by atoms with Gasteiger partial charge in [0.25, 0.3) is 0 Å². The van der Waals surface area contributed by atoms with Gasteiger partial charge in [-0.05, 0) is 25.5 Å². The fourth-order valence-electron chi connectivity index (χ4n) is 3.15. The average molecular weight is 261 g/mol. The number of carbonyl (C=O) groups is 1. The van der Waals surface area contributed by atoms with Crippen LogP contribution in [0.4, 0.5) is 0 Å². The van der Waals surface area contributed by atoms with Gasteiger partial charge in [0.1, 0.15) is 5.60 Å². The molecule has 0 radical (unpaired) electrons. The quantitative estimate of drug-likeness (QED) is 0.760. The van der Waals surface area contributed by atoms with Crippen LogP contribution in [0.1, 0.15) is 28.4 Å². The average Bonchev–Trinajstić information content (AvgIpc) is 2.63. The van der Waals surface area contributed by atoms with Gasteiger partial charge in [0.15, 0.2) is 0 Å². The second-order valence-electron chi connectivity index (χ2n) is 5.51. The van der Waals surface area contributed by atoms with Crippen molar-refractivity contribution in [3.05, 3.63) is 34.9 Å². The lowest BCUT2D eigenvalue weighted by Crippen LogP contribution is -2.45. The predicted molar refractivity (Wildman–Crippen MR) is 71.2 cm³/mol. The molecular formula is C15H19NO3. The van der Waals surface area contributed by atoms with Crippen molar-refractivity contribution in [1.82, 2.24) is 4.90 Å². The van der Waals surface area contributed by atoms with Crippen LogP contribution >= 0.6 is 0 Å². The molecule has 2 aliphatic rings. The van der Waals surface area contributed by atoms with Gasteiger partial charge in [0.2, 0.25) is 0 Å². The highest BCUT2D eigenvalue weighted by Gasteiger charge is 2.43. The predicted octanol–water partition coefficient (Wildman–Crippen LogP) is 1.71. The lowest BCUT2D eigenvalue weighted by atomic mass is 9.89. The van der Waals surface area contributed by atoms with Gasteiger partial charge in [-0.3, -0.25) is 4.90 Å². The number of benzene rings is 1. The zero-order chi connectivity index (χ0) is 13.5. The van der Waals surface area contributed by atoms with E-state index in [2.05, 4.69) is 4.90 Å². The molecule has 0 bridgehead atoms. The van der Waals surface area contributed by atoms with Crippen LogP contribution in [0.15, 0.2) is 18.2 Å². The maximum Gasteiger partial charge on any atom is 0.339 e. The normalized spacial score (nSPS) is 27.2. The molecule has 2 heterocycles. The van der Waals surface area contributed by atoms with Crippen LogP contribution < -0.4 is 0 Å². The molecule has 0 N–H and O–H groups in total. The van der Waals surface area contributed by atoms with Gasteiger partial charge in [0, 0.05) is 25.2 Å². The van der Waals surface area contributed by atoms with Gasteiger partial charge < -0.3 is 9.47 Å². The van der Waals surface area contributed by atoms with E-state index in [1.165, 1.54) is 0 Å². The Bertz CT molecular complexity index is 508. The van der Waals surface area contributed by atoms with Crippen molar-refractivity contribution >= 4 is 5.97 Å². The number of morpholine rings is 1. The van der Waals surface area contributed by atoms with Gasteiger partial charge in [-0.2, -0.15) is 0 Å². The summed E-state index contributed by atoms with van der Waals surface area (Å²) >= 11 is 0. The van der Waals surface area contributed by atoms with Crippen LogP contribution in [0.2, 0.25) is 0 Å². The van der Waals surface area contributed by atoms with Crippen LogP contribution in [0.25, 0.3) is 0 Å². The molecule has 1 unspecified atom stereocenters. The summed E-state index contributed by atoms with van der Waals surface area (Å²) in [5.41, 5.74) is 2.36. The number of aryl methyl sites for hydroxylation is 1. The molecule has 3 rings (SSSR count). The van der Waals surface area contributed by atoms with Crippen molar-refractivity contribution in [3.8, 4) is 0 Å². The third-order valence-electron chi connectivity index (χ3n) is 3.97. The van der Waals surface area contributed by atoms with Crippen molar-refractivity contribution in [3.63, 3.8) is 0 Å². The van der Waals surface area contributed by atoms with Gasteiger partial charge >= 0.3 is 5.97 Å². The Morgan fingerprint density at radius 1 is 1.32 bits per heavy atom. The fourth-order valence-corrected chi connectivity index (χ4v) is 3.15. The molecule has 2 aliphatic heterocycles. The SMILES string of the molecule is Cc1cccc2c1C(C)(CN1CCOCC1)OC2=O. The van der Waals surface area contributed by atoms with Crippen LogP contribution in [-0.4, -0.2) is 43.7 Å². The first-order valence-corrected chi connectivity index (χ1v) is 6.74. The van der Waals surface area contributed by atoms with Crippen molar-refractivity contribution in [2.75, 3.05) is 32.8 Å². The molecule has 1 saturated heterocycles. The monoisotopic (exact) mass is 261 g/mol. The molecule has 0 spiro atoms. The fraction of sp³-hybridized carbons (Fsp3) is 0.533. The van der Waals surface area contributed by atoms with Gasteiger partial charge in [-0.15, -0.1) is 0 Å². The summed E-state index contributed by atoms with van der Waals surface area (Å²) in [6.45, 7) is 8.09. The third kappa shape index (κ3) is 2.15. The largest absolute Gasteiger partial charge is 0.449 e. The van der Waals surface area contributed by atoms with E-state index in [1.54, 1.807) is 0 Å². The number of esters is 1. The van der Waals surface area contributed by atoms with Gasteiger partial charge in [0.05, 0.1) is 18.8 Å². The van der Waals surface area contributed by atoms with E-state index in [0.717, 1.165) is 49.5 Å². The molecule has 1 atom stereocenters. The van der Waals surface area contributed by atoms with E-state index < -0.39 is 5.60 Å². The molecule has 1 aromatic carbocycles. The highest BCUT2D eigenvalue weighted by Crippen LogP contribution is 2.39. The number of nitrogens with zero attached hydrogens (tertiary/aromatic N) is 1. The van der Waals surface area contributed by atoms with E-state index >= 15 is 0 Å². The second-order valence-corrected chi connectivity index (χ2v) is 5.51. The van der Waals surface area contributed by atoms with Crippen molar-refractivity contribution in [1.29, 1.82) is 0 Å². The van der Waals surface area contributed by atoms with Crippen LogP contribution in [0.5, 0.6) is 0 Å². The topological polar surface area (TPSA) is 38.8 Å². The molecule has 0 saturated carbocycles. The lowest BCUT2D eigenvalue weighted by Gasteiger charge is -2.34. The van der Waals surface area contributed by atoms with Crippen LogP contribution in [0.3, 0.4) is 0 Å². The Labute approximate surface area is 113 Å². The minimum Gasteiger partial charge on any atom is -0.449 e. The molecule has 19 heavy (non-hydrogen) atoms. The highest BCUT2D eigenvalue weighted by molar-refractivity contribution is 5.95. The number of ether oxygens (including phenoxy) is 2. The number of rotatable bonds is 2. The first-order chi connectivity index (χ1) is 9.10. The Balaban J connectivity index is 1.91. The van der Waals surface area contributed by atoms with Gasteiger partial charge in [-0.25, -0.2) is 4.79 Å². The van der Waals surface area contributed by atoms with E-state index in [0.29, 0.717) is 0 Å². The molecular weight excluding hydrogens is 242 g/mol. The summed E-state index contributed by atoms with van der Waals surface area (Å²) in [7, 11) is 0. The summed E-state index contributed by atoms with van der Waals surface area (Å²) < 4.78 is 11.0. The van der Waals surface area contributed by atoms with Gasteiger partial charge in [-0.1, -0.05) is 12.1 Å². The van der Waals surface area contributed by atoms with E-state index in [4.69, 9.17) is 9.47 Å². The summed E-state index contributed by atoms with van der Waals surface area (Å²) in [4.78, 5) is 14.3. The molecule has 0 amide bonds. The molecule has 1 fully saturated rings. The van der Waals surface area contributed by atoms with E-state index in [9.17, 15) is 4.79 Å². The number of fused-ring (bicyclic) bond motifs is 1. The van der Waals surface area contributed by atoms with Crippen LogP contribution in [-0.2, 0) is 15.1 Å². The van der Waals surface area contributed by atoms with Crippen LogP contribution in [0, 0.1) is 6.92 Å². The first kappa shape index (κ1) is 12.6. The Kier molecular flexibility index (Phi) is 3.07. The van der Waals surface area contributed by atoms with Crippen molar-refractivity contribution in [2.24, 2.45) is 0 Å². The van der Waals surface area contributed by atoms with Crippen molar-refractivity contribution in [2.45, 2.75) is 19.4 Å². The molecule has 4 nitrogen and oxygen atoms in total. The lowest BCUT2D eigenvalue weighted by molar-refractivity contribution is -0.0377. The molecule has 1 aromatic rings. The minimum atomic E-state index is -0.533. The smallest absolute Gasteiger partial charge is 0.339 e. The second kappa shape index (κ2) is 4.62. The zero-order valence-electron chi connectivity index (χ0n) is 11.4. The van der Waals surface area contributed by atoms with E-state index in [1.807, 2.05) is 32.0 Å². The Morgan fingerprint density at radius 3 is 2.79 bits per heavy atom. The summed E-state index contributed by atoms with van der Waals surface area (Å²) in [6, 6.07) is 5.81. The molecule has 0 aromatic heterocycles. The summed E-state index contributed by atoms with van der Waals surface area (Å²) in [6.07, 6.45) is 0. The minimum absolute atomic E-state index is 0.200. The zero-order valence-corrected chi connectivity index (χ0v) is 11.4. The molecule has 102 valence electrons. The summed E-state index contributed by atoms with van der Waals surface area (Å²) in [5.74, 6) is -0.200. The maximum absolute atomic E-state index is 12.0.